The molecule has 3 aromatic rings. The fraction of sp³-hybridized carbons (Fsp3) is 0.280. The highest BCUT2D eigenvalue weighted by Crippen LogP contribution is 2.26. The van der Waals surface area contributed by atoms with E-state index < -0.39 is 0 Å². The van der Waals surface area contributed by atoms with E-state index in [0.29, 0.717) is 0 Å². The normalized spacial score (nSPS) is 11.1. The Hall–Kier alpha value is -3.14. The van der Waals surface area contributed by atoms with E-state index in [4.69, 9.17) is 4.74 Å². The Morgan fingerprint density at radius 1 is 1.00 bits per heavy atom. The van der Waals surface area contributed by atoms with Gasteiger partial charge in [-0.05, 0) is 60.9 Å². The number of ketones is 1. The minimum absolute atomic E-state index is 0.0418. The first-order chi connectivity index (χ1) is 14.2. The number of aromatic amines is 1. The van der Waals surface area contributed by atoms with E-state index >= 15 is 0 Å². The van der Waals surface area contributed by atoms with Crippen molar-refractivity contribution in [2.45, 2.75) is 39.5 Å². The molecular weight excluding hydrogens is 360 g/mol. The summed E-state index contributed by atoms with van der Waals surface area (Å²) in [6.07, 6.45) is 8.21. The third-order valence-corrected chi connectivity index (χ3v) is 4.73. The Morgan fingerprint density at radius 2 is 1.72 bits per heavy atom. The highest BCUT2D eigenvalue weighted by Gasteiger charge is 2.06. The molecule has 0 unspecified atom stereocenters. The molecule has 2 aromatic carbocycles. The van der Waals surface area contributed by atoms with Crippen LogP contribution in [-0.4, -0.2) is 22.6 Å². The number of rotatable bonds is 10. The van der Waals surface area contributed by atoms with Crippen molar-refractivity contribution in [3.63, 3.8) is 0 Å². The van der Waals surface area contributed by atoms with Crippen LogP contribution in [0.5, 0.6) is 5.75 Å². The molecule has 150 valence electrons. The van der Waals surface area contributed by atoms with Gasteiger partial charge < -0.3 is 4.74 Å². The van der Waals surface area contributed by atoms with Gasteiger partial charge in [0, 0.05) is 5.56 Å². The van der Waals surface area contributed by atoms with E-state index in [1.54, 1.807) is 13.0 Å². The molecule has 0 fully saturated rings. The second-order valence-electron chi connectivity index (χ2n) is 7.17. The maximum absolute atomic E-state index is 11.0. The summed E-state index contributed by atoms with van der Waals surface area (Å²) in [6, 6.07) is 18.1. The minimum atomic E-state index is 0.0418. The first kappa shape index (κ1) is 20.6. The number of hydrogen-bond acceptors (Lipinski definition) is 3. The van der Waals surface area contributed by atoms with Gasteiger partial charge in [0.2, 0.25) is 0 Å². The first-order valence-corrected chi connectivity index (χ1v) is 10.2. The van der Waals surface area contributed by atoms with E-state index in [0.717, 1.165) is 46.9 Å². The summed E-state index contributed by atoms with van der Waals surface area (Å²) in [6.45, 7) is 4.52. The maximum atomic E-state index is 11.0. The molecule has 0 atom stereocenters. The average Bonchev–Trinajstić information content (AvgIpc) is 3.23. The Kier molecular flexibility index (Phi) is 7.40. The number of benzene rings is 2. The van der Waals surface area contributed by atoms with Crippen LogP contribution in [0.15, 0.2) is 60.7 Å². The Morgan fingerprint density at radius 3 is 2.41 bits per heavy atom. The molecule has 0 saturated heterocycles. The second-order valence-corrected chi connectivity index (χ2v) is 7.17. The number of allylic oxidation sites excluding steroid dienone is 1. The fourth-order valence-corrected chi connectivity index (χ4v) is 3.05. The lowest BCUT2D eigenvalue weighted by molar-refractivity contribution is -0.112. The molecule has 0 saturated carbocycles. The van der Waals surface area contributed by atoms with Crippen molar-refractivity contribution in [3.05, 3.63) is 66.2 Å². The van der Waals surface area contributed by atoms with Crippen molar-refractivity contribution in [1.82, 2.24) is 10.2 Å². The van der Waals surface area contributed by atoms with Gasteiger partial charge >= 0.3 is 0 Å². The lowest BCUT2D eigenvalue weighted by Gasteiger charge is -2.06. The van der Waals surface area contributed by atoms with Crippen molar-refractivity contribution in [3.8, 4) is 28.3 Å². The molecule has 0 spiro atoms. The number of aromatic nitrogens is 2. The van der Waals surface area contributed by atoms with Crippen LogP contribution in [0.2, 0.25) is 0 Å². The first-order valence-electron chi connectivity index (χ1n) is 10.2. The van der Waals surface area contributed by atoms with Crippen LogP contribution in [0, 0.1) is 0 Å². The van der Waals surface area contributed by atoms with Crippen molar-refractivity contribution in [2.75, 3.05) is 6.61 Å². The van der Waals surface area contributed by atoms with Gasteiger partial charge in [-0.2, -0.15) is 5.10 Å². The molecular formula is C25H28N2O2. The monoisotopic (exact) mass is 388 g/mol. The predicted molar refractivity (Wildman–Crippen MR) is 119 cm³/mol. The number of hydrogen-bond donors (Lipinski definition) is 1. The van der Waals surface area contributed by atoms with Crippen LogP contribution in [0.3, 0.4) is 0 Å². The van der Waals surface area contributed by atoms with Gasteiger partial charge in [0.05, 0.1) is 18.0 Å². The molecule has 0 amide bonds. The third-order valence-electron chi connectivity index (χ3n) is 4.73. The number of H-pyrrole nitrogens is 1. The fourth-order valence-electron chi connectivity index (χ4n) is 3.05. The lowest BCUT2D eigenvalue weighted by atomic mass is 10.1. The number of carbonyl (C=O) groups is 1. The number of carbonyl (C=O) groups excluding carboxylic acids is 1. The molecule has 1 N–H and O–H groups in total. The topological polar surface area (TPSA) is 55.0 Å². The lowest BCUT2D eigenvalue weighted by Crippen LogP contribution is -1.96. The van der Waals surface area contributed by atoms with Crippen LogP contribution >= 0.6 is 0 Å². The third kappa shape index (κ3) is 6.18. The van der Waals surface area contributed by atoms with E-state index in [2.05, 4.69) is 17.1 Å². The average molecular weight is 389 g/mol. The van der Waals surface area contributed by atoms with Crippen molar-refractivity contribution >= 4 is 11.9 Å². The SMILES string of the molecule is CCCCCCOc1ccc(-c2cc(-c3ccc(C=CC(C)=O)cc3)[nH]n2)cc1. The summed E-state index contributed by atoms with van der Waals surface area (Å²) in [5.74, 6) is 0.940. The number of ether oxygens (including phenoxy) is 1. The number of nitrogens with zero attached hydrogens (tertiary/aromatic N) is 1. The van der Waals surface area contributed by atoms with E-state index in [1.807, 2.05) is 60.7 Å². The molecule has 0 bridgehead atoms. The molecule has 0 radical (unpaired) electrons. The number of nitrogens with one attached hydrogen (secondary N) is 1. The van der Waals surface area contributed by atoms with Crippen LogP contribution < -0.4 is 4.74 Å². The van der Waals surface area contributed by atoms with Gasteiger partial charge in [-0.15, -0.1) is 0 Å². The second kappa shape index (κ2) is 10.4. The minimum Gasteiger partial charge on any atom is -0.494 e. The van der Waals surface area contributed by atoms with Crippen molar-refractivity contribution < 1.29 is 9.53 Å². The molecule has 0 aliphatic rings. The number of unbranched alkanes of at least 4 members (excludes halogenated alkanes) is 3. The molecule has 29 heavy (non-hydrogen) atoms. The highest BCUT2D eigenvalue weighted by molar-refractivity contribution is 5.91. The van der Waals surface area contributed by atoms with Gasteiger partial charge in [0.1, 0.15) is 5.75 Å². The summed E-state index contributed by atoms with van der Waals surface area (Å²) in [4.78, 5) is 11.0. The van der Waals surface area contributed by atoms with Crippen molar-refractivity contribution in [1.29, 1.82) is 0 Å². The van der Waals surface area contributed by atoms with E-state index in [1.165, 1.54) is 19.3 Å². The zero-order chi connectivity index (χ0) is 20.5. The molecule has 1 aromatic heterocycles. The van der Waals surface area contributed by atoms with Gasteiger partial charge in [-0.3, -0.25) is 9.89 Å². The standard InChI is InChI=1S/C25H28N2O2/c1-3-4-5-6-17-29-23-15-13-22(14-16-23)25-18-24(26-27-25)21-11-9-20(10-12-21)8-7-19(2)28/h7-16,18H,3-6,17H2,1-2H3,(H,26,27). The maximum Gasteiger partial charge on any atom is 0.152 e. The summed E-state index contributed by atoms with van der Waals surface area (Å²) >= 11 is 0. The van der Waals surface area contributed by atoms with Gasteiger partial charge in [0.15, 0.2) is 5.78 Å². The summed E-state index contributed by atoms with van der Waals surface area (Å²) in [5, 5.41) is 7.55. The molecule has 3 rings (SSSR count). The zero-order valence-electron chi connectivity index (χ0n) is 17.2. The smallest absolute Gasteiger partial charge is 0.152 e. The van der Waals surface area contributed by atoms with Crippen LogP contribution in [0.1, 0.15) is 45.1 Å². The predicted octanol–water partition coefficient (Wildman–Crippen LogP) is 6.31. The highest BCUT2D eigenvalue weighted by atomic mass is 16.5. The van der Waals surface area contributed by atoms with Crippen LogP contribution in [0.4, 0.5) is 0 Å². The van der Waals surface area contributed by atoms with Gasteiger partial charge in [-0.1, -0.05) is 56.5 Å². The summed E-state index contributed by atoms with van der Waals surface area (Å²) in [7, 11) is 0. The van der Waals surface area contributed by atoms with Gasteiger partial charge in [0.25, 0.3) is 0 Å². The van der Waals surface area contributed by atoms with E-state index in [-0.39, 0.29) is 5.78 Å². The molecule has 0 aliphatic heterocycles. The van der Waals surface area contributed by atoms with Crippen LogP contribution in [0.25, 0.3) is 28.6 Å². The quantitative estimate of drug-likeness (QED) is 0.327. The van der Waals surface area contributed by atoms with E-state index in [9.17, 15) is 4.79 Å². The largest absolute Gasteiger partial charge is 0.494 e. The zero-order valence-corrected chi connectivity index (χ0v) is 17.2. The molecule has 0 aliphatic carbocycles. The van der Waals surface area contributed by atoms with Gasteiger partial charge in [-0.25, -0.2) is 0 Å². The Balaban J connectivity index is 1.61. The van der Waals surface area contributed by atoms with Crippen LogP contribution in [-0.2, 0) is 4.79 Å². The van der Waals surface area contributed by atoms with Crippen molar-refractivity contribution in [2.24, 2.45) is 0 Å². The Bertz CT molecular complexity index is 938. The molecule has 1 heterocycles. The summed E-state index contributed by atoms with van der Waals surface area (Å²) in [5.41, 5.74) is 4.95. The summed E-state index contributed by atoms with van der Waals surface area (Å²) < 4.78 is 5.81. The molecule has 4 heteroatoms. The molecule has 4 nitrogen and oxygen atoms in total. The Labute approximate surface area is 172 Å².